The van der Waals surface area contributed by atoms with Gasteiger partial charge in [0.25, 0.3) is 0 Å². The summed E-state index contributed by atoms with van der Waals surface area (Å²) in [5, 5.41) is 8.64. The number of hydrogen-bond donors (Lipinski definition) is 1. The van der Waals surface area contributed by atoms with Gasteiger partial charge in [-0.15, -0.1) is 11.3 Å². The number of rotatable bonds is 12. The molecule has 0 saturated carbocycles. The maximum atomic E-state index is 10.5. The molecular weight excluding hydrogens is 339 g/mol. The second kappa shape index (κ2) is 13.6. The Labute approximate surface area is 179 Å². The average molecular weight is 369 g/mol. The molecule has 1 aromatic heterocycles. The van der Waals surface area contributed by atoms with Gasteiger partial charge in [-0.25, -0.2) is 0 Å². The van der Waals surface area contributed by atoms with Crippen LogP contribution >= 0.6 is 11.3 Å². The number of unbranched alkanes of at least 4 members (excludes halogenated alkanes) is 4. The summed E-state index contributed by atoms with van der Waals surface area (Å²) in [6, 6.07) is 15.2. The van der Waals surface area contributed by atoms with Gasteiger partial charge in [-0.1, -0.05) is 43.2 Å². The minimum Gasteiger partial charge on any atom is -1.00 e. The van der Waals surface area contributed by atoms with Gasteiger partial charge in [-0.05, 0) is 62.6 Å². The van der Waals surface area contributed by atoms with Crippen molar-refractivity contribution in [1.29, 1.82) is 0 Å². The summed E-state index contributed by atoms with van der Waals surface area (Å²) in [7, 11) is 0. The van der Waals surface area contributed by atoms with E-state index in [0.29, 0.717) is 6.42 Å². The van der Waals surface area contributed by atoms with Gasteiger partial charge >= 0.3 is 35.5 Å². The van der Waals surface area contributed by atoms with E-state index in [9.17, 15) is 4.79 Å². The second-order valence-electron chi connectivity index (χ2n) is 6.37. The topological polar surface area (TPSA) is 37.3 Å². The van der Waals surface area contributed by atoms with Crippen molar-refractivity contribution in [2.75, 3.05) is 0 Å². The van der Waals surface area contributed by atoms with Gasteiger partial charge in [0, 0.05) is 16.2 Å². The molecule has 0 atom stereocenters. The van der Waals surface area contributed by atoms with Crippen molar-refractivity contribution >= 4 is 17.3 Å². The molecule has 0 bridgehead atoms. The number of thiophene rings is 1. The molecule has 0 unspecified atom stereocenters. The Kier molecular flexibility index (Phi) is 12.2. The molecule has 2 aromatic rings. The van der Waals surface area contributed by atoms with Gasteiger partial charge in [0.1, 0.15) is 0 Å². The van der Waals surface area contributed by atoms with E-state index in [4.69, 9.17) is 5.11 Å². The van der Waals surface area contributed by atoms with E-state index in [1.54, 1.807) is 0 Å². The van der Waals surface area contributed by atoms with Crippen LogP contribution in [-0.2, 0) is 24.1 Å². The Morgan fingerprint density at radius 2 is 1.36 bits per heavy atom. The zero-order chi connectivity index (χ0) is 17.0. The van der Waals surface area contributed by atoms with Crippen LogP contribution in [0, 0.1) is 0 Å². The van der Waals surface area contributed by atoms with E-state index in [2.05, 4.69) is 42.5 Å². The van der Waals surface area contributed by atoms with Crippen molar-refractivity contribution in [2.24, 2.45) is 0 Å². The van der Waals surface area contributed by atoms with E-state index in [1.165, 1.54) is 53.8 Å². The van der Waals surface area contributed by atoms with Crippen LogP contribution in [0.5, 0.6) is 0 Å². The van der Waals surface area contributed by atoms with Gasteiger partial charge in [0.2, 0.25) is 0 Å². The van der Waals surface area contributed by atoms with Crippen molar-refractivity contribution in [3.63, 3.8) is 0 Å². The van der Waals surface area contributed by atoms with Crippen LogP contribution in [-0.4, -0.2) is 11.1 Å². The van der Waals surface area contributed by atoms with Crippen LogP contribution in [0.4, 0.5) is 0 Å². The maximum Gasteiger partial charge on any atom is 1.00 e. The second-order valence-corrected chi connectivity index (χ2v) is 7.62. The fourth-order valence-corrected chi connectivity index (χ4v) is 3.99. The molecule has 25 heavy (non-hydrogen) atoms. The van der Waals surface area contributed by atoms with E-state index >= 15 is 0 Å². The van der Waals surface area contributed by atoms with Gasteiger partial charge < -0.3 is 6.53 Å². The molecule has 0 aliphatic rings. The summed E-state index contributed by atoms with van der Waals surface area (Å²) < 4.78 is 0. The zero-order valence-electron chi connectivity index (χ0n) is 16.4. The molecule has 132 valence electrons. The number of hydrogen-bond acceptors (Lipinski definition) is 2. The van der Waals surface area contributed by atoms with Gasteiger partial charge in [0.05, 0.1) is 0 Å². The van der Waals surface area contributed by atoms with E-state index < -0.39 is 5.97 Å². The summed E-state index contributed by atoms with van der Waals surface area (Å²) in [6.45, 7) is 0. The van der Waals surface area contributed by atoms with E-state index in [-0.39, 0.29) is 31.0 Å². The molecular formula is C21H29NaO2S. The molecule has 1 heterocycles. The number of carbonyl (C=O) groups is 1. The molecule has 4 heteroatoms. The standard InChI is InChI=1S/C21H28O2S.Na.H/c22-21(23)15-9-8-14-20-17-16-19(24-20)13-7-2-1-4-10-18-11-5-3-6-12-18;;/h3,5-6,11-12,16-17H,1-2,4,7-10,13-15H2,(H,22,23);;/q;+1;-1. The van der Waals surface area contributed by atoms with Crippen molar-refractivity contribution in [2.45, 2.75) is 64.2 Å². The molecule has 0 fully saturated rings. The van der Waals surface area contributed by atoms with Crippen molar-refractivity contribution < 1.29 is 40.9 Å². The third-order valence-electron chi connectivity index (χ3n) is 4.26. The normalized spacial score (nSPS) is 10.4. The van der Waals surface area contributed by atoms with Crippen LogP contribution in [0.3, 0.4) is 0 Å². The number of aliphatic carboxylic acids is 1. The third kappa shape index (κ3) is 10.2. The molecule has 0 amide bonds. The largest absolute Gasteiger partial charge is 1.00 e. The molecule has 2 nitrogen and oxygen atoms in total. The van der Waals surface area contributed by atoms with E-state index in [0.717, 1.165) is 19.3 Å². The molecule has 0 saturated heterocycles. The molecule has 1 aromatic carbocycles. The number of benzene rings is 1. The summed E-state index contributed by atoms with van der Waals surface area (Å²) >= 11 is 1.90. The van der Waals surface area contributed by atoms with Crippen molar-refractivity contribution in [3.8, 4) is 0 Å². The smallest absolute Gasteiger partial charge is 1.00 e. The Balaban J connectivity index is 0.00000312. The first-order chi connectivity index (χ1) is 11.7. The first-order valence-corrected chi connectivity index (χ1v) is 9.89. The Bertz CT molecular complexity index is 601. The summed E-state index contributed by atoms with van der Waals surface area (Å²) in [5.41, 5.74) is 1.45. The average Bonchev–Trinajstić information content (AvgIpc) is 3.03. The van der Waals surface area contributed by atoms with Gasteiger partial charge in [0.15, 0.2) is 0 Å². The van der Waals surface area contributed by atoms with Crippen LogP contribution in [0.2, 0.25) is 0 Å². The molecule has 0 aliphatic carbocycles. The Hall–Kier alpha value is -0.610. The van der Waals surface area contributed by atoms with Crippen LogP contribution in [0.25, 0.3) is 0 Å². The molecule has 0 aliphatic heterocycles. The fraction of sp³-hybridized carbons (Fsp3) is 0.476. The number of aryl methyl sites for hydroxylation is 3. The number of carboxylic acids is 1. The third-order valence-corrected chi connectivity index (χ3v) is 5.47. The quantitative estimate of drug-likeness (QED) is 0.462. The summed E-state index contributed by atoms with van der Waals surface area (Å²) in [5.74, 6) is -0.686. The first-order valence-electron chi connectivity index (χ1n) is 9.07. The monoisotopic (exact) mass is 368 g/mol. The van der Waals surface area contributed by atoms with Crippen LogP contribution in [0.15, 0.2) is 42.5 Å². The summed E-state index contributed by atoms with van der Waals surface area (Å²) in [6.07, 6.45) is 10.6. The van der Waals surface area contributed by atoms with Crippen LogP contribution in [0.1, 0.15) is 61.7 Å². The maximum absolute atomic E-state index is 10.5. The molecule has 0 spiro atoms. The Morgan fingerprint density at radius 1 is 0.800 bits per heavy atom. The molecule has 1 N–H and O–H groups in total. The minimum atomic E-state index is -0.686. The molecule has 0 radical (unpaired) electrons. The van der Waals surface area contributed by atoms with Gasteiger partial charge in [-0.3, -0.25) is 4.79 Å². The fourth-order valence-electron chi connectivity index (χ4n) is 2.89. The van der Waals surface area contributed by atoms with Crippen LogP contribution < -0.4 is 29.6 Å². The molecule has 2 rings (SSSR count). The van der Waals surface area contributed by atoms with Gasteiger partial charge in [-0.2, -0.15) is 0 Å². The van der Waals surface area contributed by atoms with E-state index in [1.807, 2.05) is 11.3 Å². The number of carboxylic acid groups (broad SMARTS) is 1. The Morgan fingerprint density at radius 3 is 1.96 bits per heavy atom. The summed E-state index contributed by atoms with van der Waals surface area (Å²) in [4.78, 5) is 13.4. The zero-order valence-corrected chi connectivity index (χ0v) is 18.2. The minimum absolute atomic E-state index is 0. The SMILES string of the molecule is O=C(O)CCCCc1ccc(CCCCCCc2ccccc2)s1.[H-].[Na+]. The van der Waals surface area contributed by atoms with Crippen molar-refractivity contribution in [1.82, 2.24) is 0 Å². The predicted octanol–water partition coefficient (Wildman–Crippen LogP) is 3.01. The predicted molar refractivity (Wildman–Crippen MR) is 103 cm³/mol. The van der Waals surface area contributed by atoms with Crippen molar-refractivity contribution in [3.05, 3.63) is 57.8 Å². The first kappa shape index (κ1) is 22.4.